The molecule has 0 heterocycles. The van der Waals surface area contributed by atoms with Gasteiger partial charge in [-0.3, -0.25) is 0 Å². The number of para-hydroxylation sites is 3. The standard InChI is InChI=1S/C47H48BrO5P/c48-54(37-17-6-4-2-1-3-5-16-24-47(49)50,44-31-25-41(26-32-44)51-38-18-10-7-11-19-38,45-33-27-42(28-34-45)52-39-20-12-8-13-21-39)46-35-29-43(30-36-46)53-40-22-14-9-15-23-40/h7-15,18-23,25-36H,1-6,16-17,24,37H2,(H,49,50). The fraction of sp³-hybridized carbons (Fsp3) is 0.213. The van der Waals surface area contributed by atoms with Crippen LogP contribution in [0, 0.1) is 0 Å². The number of hydrogen-bond donors (Lipinski definition) is 1. The second kappa shape index (κ2) is 18.9. The van der Waals surface area contributed by atoms with Gasteiger partial charge >= 0.3 is 329 Å². The van der Waals surface area contributed by atoms with Gasteiger partial charge in [0.15, 0.2) is 0 Å². The zero-order chi connectivity index (χ0) is 37.5. The molecule has 0 aliphatic heterocycles. The van der Waals surface area contributed by atoms with E-state index in [4.69, 9.17) is 19.3 Å². The minimum absolute atomic E-state index is 0.260. The van der Waals surface area contributed by atoms with E-state index < -0.39 is 11.3 Å². The van der Waals surface area contributed by atoms with Gasteiger partial charge in [0, 0.05) is 0 Å². The third-order valence-corrected chi connectivity index (χ3v) is 19.8. The van der Waals surface area contributed by atoms with Gasteiger partial charge in [0.2, 0.25) is 0 Å². The van der Waals surface area contributed by atoms with Crippen LogP contribution in [-0.4, -0.2) is 17.2 Å². The third-order valence-electron chi connectivity index (χ3n) is 9.78. The number of halogens is 1. The average Bonchev–Trinajstić information content (AvgIpc) is 3.20. The summed E-state index contributed by atoms with van der Waals surface area (Å²) in [5.41, 5.74) is 0. The first-order valence-corrected chi connectivity index (χ1v) is 23.3. The zero-order valence-corrected chi connectivity index (χ0v) is 33.0. The van der Waals surface area contributed by atoms with Crippen LogP contribution < -0.4 is 30.1 Å². The monoisotopic (exact) mass is 802 g/mol. The molecule has 0 spiro atoms. The Bertz CT molecular complexity index is 1810. The van der Waals surface area contributed by atoms with Gasteiger partial charge < -0.3 is 0 Å². The average molecular weight is 804 g/mol. The number of ether oxygens (including phenoxy) is 3. The summed E-state index contributed by atoms with van der Waals surface area (Å²) in [5, 5.41) is 9.29. The van der Waals surface area contributed by atoms with Crippen LogP contribution in [0.15, 0.2) is 164 Å². The molecule has 0 aliphatic carbocycles. The molecule has 1 N–H and O–H groups in total. The van der Waals surface area contributed by atoms with Crippen LogP contribution in [-0.2, 0) is 4.79 Å². The van der Waals surface area contributed by atoms with Gasteiger partial charge in [-0.05, 0) is 0 Å². The number of unbranched alkanes of at least 4 members (excludes halogenated alkanes) is 7. The van der Waals surface area contributed by atoms with Gasteiger partial charge in [0.1, 0.15) is 0 Å². The second-order valence-corrected chi connectivity index (χ2v) is 22.7. The Labute approximate surface area is 327 Å². The van der Waals surface area contributed by atoms with Crippen molar-refractivity contribution in [2.45, 2.75) is 57.8 Å². The molecule has 278 valence electrons. The quantitative estimate of drug-likeness (QED) is 0.0615. The molecule has 0 amide bonds. The van der Waals surface area contributed by atoms with Gasteiger partial charge in [0.25, 0.3) is 0 Å². The van der Waals surface area contributed by atoms with Crippen LogP contribution in [0.1, 0.15) is 57.8 Å². The predicted molar refractivity (Wildman–Crippen MR) is 228 cm³/mol. The molecule has 6 rings (SSSR count). The zero-order valence-electron chi connectivity index (χ0n) is 30.6. The van der Waals surface area contributed by atoms with Crippen LogP contribution in [0.4, 0.5) is 0 Å². The Morgan fingerprint density at radius 3 is 1.00 bits per heavy atom. The van der Waals surface area contributed by atoms with Crippen LogP contribution in [0.2, 0.25) is 0 Å². The van der Waals surface area contributed by atoms with E-state index in [9.17, 15) is 4.79 Å². The first-order chi connectivity index (χ1) is 26.4. The first-order valence-electron chi connectivity index (χ1n) is 18.9. The molecule has 0 radical (unpaired) electrons. The number of carbonyl (C=O) groups is 1. The van der Waals surface area contributed by atoms with Gasteiger partial charge in [-0.15, -0.1) is 0 Å². The van der Waals surface area contributed by atoms with E-state index in [0.717, 1.165) is 92.0 Å². The molecule has 0 fully saturated rings. The van der Waals surface area contributed by atoms with Gasteiger partial charge in [-0.1, -0.05) is 0 Å². The summed E-state index contributed by atoms with van der Waals surface area (Å²) in [6, 6.07) is 55.4. The molecular formula is C47H48BrO5P. The Kier molecular flexibility index (Phi) is 13.6. The molecule has 6 aromatic carbocycles. The molecule has 5 nitrogen and oxygen atoms in total. The number of carboxylic acids is 1. The number of rotatable bonds is 20. The van der Waals surface area contributed by atoms with Gasteiger partial charge in [-0.25, -0.2) is 0 Å². The van der Waals surface area contributed by atoms with E-state index in [0.29, 0.717) is 0 Å². The molecule has 0 saturated heterocycles. The van der Waals surface area contributed by atoms with Crippen molar-refractivity contribution in [1.29, 1.82) is 0 Å². The minimum atomic E-state index is -3.31. The molecule has 0 unspecified atom stereocenters. The summed E-state index contributed by atoms with van der Waals surface area (Å²) in [6.45, 7) is 0. The second-order valence-electron chi connectivity index (χ2n) is 13.6. The van der Waals surface area contributed by atoms with Crippen LogP contribution >= 0.6 is 20.8 Å². The third kappa shape index (κ3) is 9.99. The van der Waals surface area contributed by atoms with Crippen molar-refractivity contribution in [2.24, 2.45) is 0 Å². The van der Waals surface area contributed by atoms with Crippen LogP contribution in [0.3, 0.4) is 0 Å². The Balaban J connectivity index is 1.33. The van der Waals surface area contributed by atoms with E-state index in [1.807, 2.05) is 91.0 Å². The number of hydrogen-bond acceptors (Lipinski definition) is 4. The molecule has 6 aromatic rings. The molecular weight excluding hydrogens is 755 g/mol. The van der Waals surface area contributed by atoms with Crippen molar-refractivity contribution in [3.05, 3.63) is 164 Å². The molecule has 0 aliphatic rings. The van der Waals surface area contributed by atoms with E-state index in [-0.39, 0.29) is 6.42 Å². The fourth-order valence-corrected chi connectivity index (χ4v) is 14.6. The SMILES string of the molecule is O=C(O)CCCCCCCCCCP(Br)(c1ccc(Oc2ccccc2)cc1)(c1ccc(Oc2ccccc2)cc1)c1ccc(Oc2ccccc2)cc1. The molecule has 0 atom stereocenters. The Morgan fingerprint density at radius 2 is 0.685 bits per heavy atom. The Morgan fingerprint density at radius 1 is 0.407 bits per heavy atom. The van der Waals surface area contributed by atoms with E-state index in [1.54, 1.807) is 0 Å². The summed E-state index contributed by atoms with van der Waals surface area (Å²) in [4.78, 5) is 10.9. The molecule has 0 bridgehead atoms. The normalized spacial score (nSPS) is 12.0. The molecule has 54 heavy (non-hydrogen) atoms. The van der Waals surface area contributed by atoms with E-state index in [2.05, 4.69) is 88.3 Å². The summed E-state index contributed by atoms with van der Waals surface area (Å²) >= 11 is 4.67. The van der Waals surface area contributed by atoms with E-state index in [1.165, 1.54) is 15.9 Å². The predicted octanol–water partition coefficient (Wildman–Crippen LogP) is 12.8. The number of carboxylic acid groups (broad SMARTS) is 1. The topological polar surface area (TPSA) is 65.0 Å². The van der Waals surface area contributed by atoms with Crippen molar-refractivity contribution in [3.63, 3.8) is 0 Å². The van der Waals surface area contributed by atoms with Crippen molar-refractivity contribution < 1.29 is 24.1 Å². The van der Waals surface area contributed by atoms with Gasteiger partial charge in [0.05, 0.1) is 0 Å². The van der Waals surface area contributed by atoms with Crippen molar-refractivity contribution in [2.75, 3.05) is 6.16 Å². The van der Waals surface area contributed by atoms with E-state index >= 15 is 0 Å². The first kappa shape index (κ1) is 38.8. The summed E-state index contributed by atoms with van der Waals surface area (Å²) < 4.78 is 18.7. The fourth-order valence-electron chi connectivity index (χ4n) is 6.93. The summed E-state index contributed by atoms with van der Waals surface area (Å²) in [7, 11) is 0. The summed E-state index contributed by atoms with van der Waals surface area (Å²) in [5.74, 6) is 4.03. The molecule has 0 aromatic heterocycles. The van der Waals surface area contributed by atoms with Crippen LogP contribution in [0.5, 0.6) is 34.5 Å². The van der Waals surface area contributed by atoms with Crippen molar-refractivity contribution in [1.82, 2.24) is 0 Å². The summed E-state index contributed by atoms with van der Waals surface area (Å²) in [6.07, 6.45) is 9.52. The van der Waals surface area contributed by atoms with Gasteiger partial charge in [-0.2, -0.15) is 0 Å². The molecule has 0 saturated carbocycles. The molecule has 7 heteroatoms. The van der Waals surface area contributed by atoms with Crippen LogP contribution in [0.25, 0.3) is 0 Å². The number of aliphatic carboxylic acids is 1. The number of benzene rings is 6. The van der Waals surface area contributed by atoms with Crippen molar-refractivity contribution >= 4 is 42.7 Å². The maximum absolute atomic E-state index is 10.9. The maximum atomic E-state index is 10.9. The van der Waals surface area contributed by atoms with Crippen molar-refractivity contribution in [3.8, 4) is 34.5 Å². The Hall–Kier alpha value is -4.90.